The van der Waals surface area contributed by atoms with Gasteiger partial charge in [-0.25, -0.2) is 0 Å². The van der Waals surface area contributed by atoms with Crippen LogP contribution in [0.25, 0.3) is 0 Å². The van der Waals surface area contributed by atoms with Crippen molar-refractivity contribution in [3.8, 4) is 0 Å². The van der Waals surface area contributed by atoms with Crippen LogP contribution in [0.5, 0.6) is 0 Å². The predicted octanol–water partition coefficient (Wildman–Crippen LogP) is 0.895. The lowest BCUT2D eigenvalue weighted by Gasteiger charge is -2.31. The molecule has 1 rings (SSSR count). The SMILES string of the molecule is CC(C)C(=O)CN(C)C1CCNCC1. The van der Waals surface area contributed by atoms with Gasteiger partial charge in [0.15, 0.2) is 0 Å². The molecule has 0 bridgehead atoms. The Hall–Kier alpha value is -0.410. The molecule has 1 fully saturated rings. The first-order chi connectivity index (χ1) is 6.61. The lowest BCUT2D eigenvalue weighted by molar-refractivity contribution is -0.123. The fourth-order valence-electron chi connectivity index (χ4n) is 1.80. The van der Waals surface area contributed by atoms with Crippen LogP contribution in [-0.2, 0) is 4.79 Å². The second-order valence-corrected chi connectivity index (χ2v) is 4.52. The summed E-state index contributed by atoms with van der Waals surface area (Å²) in [7, 11) is 2.07. The van der Waals surface area contributed by atoms with Crippen LogP contribution in [0.4, 0.5) is 0 Å². The van der Waals surface area contributed by atoms with Crippen molar-refractivity contribution in [3.05, 3.63) is 0 Å². The number of carbonyl (C=O) groups is 1. The van der Waals surface area contributed by atoms with Gasteiger partial charge in [0.05, 0.1) is 6.54 Å². The quantitative estimate of drug-likeness (QED) is 0.728. The monoisotopic (exact) mass is 198 g/mol. The molecular weight excluding hydrogens is 176 g/mol. The molecule has 0 aromatic carbocycles. The van der Waals surface area contributed by atoms with Crippen molar-refractivity contribution in [2.24, 2.45) is 5.92 Å². The van der Waals surface area contributed by atoms with Gasteiger partial charge in [-0.3, -0.25) is 9.69 Å². The van der Waals surface area contributed by atoms with E-state index in [1.54, 1.807) is 0 Å². The Labute approximate surface area is 86.9 Å². The molecule has 1 heterocycles. The van der Waals surface area contributed by atoms with Crippen LogP contribution >= 0.6 is 0 Å². The minimum atomic E-state index is 0.166. The first kappa shape index (κ1) is 11.7. The van der Waals surface area contributed by atoms with Gasteiger partial charge in [0, 0.05) is 12.0 Å². The van der Waals surface area contributed by atoms with Crippen LogP contribution in [0.1, 0.15) is 26.7 Å². The van der Waals surface area contributed by atoms with Crippen LogP contribution in [0, 0.1) is 5.92 Å². The highest BCUT2D eigenvalue weighted by atomic mass is 16.1. The molecule has 14 heavy (non-hydrogen) atoms. The van der Waals surface area contributed by atoms with Gasteiger partial charge in [0.25, 0.3) is 0 Å². The van der Waals surface area contributed by atoms with E-state index in [0.717, 1.165) is 13.1 Å². The summed E-state index contributed by atoms with van der Waals surface area (Å²) >= 11 is 0. The maximum Gasteiger partial charge on any atom is 0.149 e. The van der Waals surface area contributed by atoms with E-state index >= 15 is 0 Å². The summed E-state index contributed by atoms with van der Waals surface area (Å²) in [6.45, 7) is 6.73. The van der Waals surface area contributed by atoms with Gasteiger partial charge in [-0.2, -0.15) is 0 Å². The molecule has 1 N–H and O–H groups in total. The molecule has 3 heteroatoms. The number of hydrogen-bond acceptors (Lipinski definition) is 3. The zero-order chi connectivity index (χ0) is 10.6. The summed E-state index contributed by atoms with van der Waals surface area (Å²) in [5, 5.41) is 3.33. The molecular formula is C11H22N2O. The van der Waals surface area contributed by atoms with Crippen LogP contribution in [0.15, 0.2) is 0 Å². The Morgan fingerprint density at radius 2 is 2.00 bits per heavy atom. The second-order valence-electron chi connectivity index (χ2n) is 4.52. The average Bonchev–Trinajstić information content (AvgIpc) is 2.19. The molecule has 0 atom stereocenters. The van der Waals surface area contributed by atoms with Crippen LogP contribution in [0.2, 0.25) is 0 Å². The minimum absolute atomic E-state index is 0.166. The van der Waals surface area contributed by atoms with E-state index in [1.807, 2.05) is 13.8 Å². The fraction of sp³-hybridized carbons (Fsp3) is 0.909. The van der Waals surface area contributed by atoms with E-state index in [-0.39, 0.29) is 5.92 Å². The lowest BCUT2D eigenvalue weighted by Crippen LogP contribution is -2.43. The van der Waals surface area contributed by atoms with Crippen molar-refractivity contribution in [1.82, 2.24) is 10.2 Å². The first-order valence-corrected chi connectivity index (χ1v) is 5.55. The molecule has 1 saturated heterocycles. The number of piperidine rings is 1. The summed E-state index contributed by atoms with van der Waals surface area (Å²) in [5.74, 6) is 0.519. The highest BCUT2D eigenvalue weighted by Gasteiger charge is 2.20. The van der Waals surface area contributed by atoms with Gasteiger partial charge in [-0.05, 0) is 33.0 Å². The zero-order valence-corrected chi connectivity index (χ0v) is 9.55. The van der Waals surface area contributed by atoms with E-state index in [1.165, 1.54) is 12.8 Å². The number of hydrogen-bond donors (Lipinski definition) is 1. The van der Waals surface area contributed by atoms with E-state index in [9.17, 15) is 4.79 Å². The van der Waals surface area contributed by atoms with E-state index in [0.29, 0.717) is 18.4 Å². The molecule has 0 aliphatic carbocycles. The topological polar surface area (TPSA) is 32.3 Å². The average molecular weight is 198 g/mol. The van der Waals surface area contributed by atoms with Crippen LogP contribution in [-0.4, -0.2) is 43.4 Å². The minimum Gasteiger partial charge on any atom is -0.317 e. The lowest BCUT2D eigenvalue weighted by atomic mass is 10.0. The fourth-order valence-corrected chi connectivity index (χ4v) is 1.80. The van der Waals surface area contributed by atoms with Crippen molar-refractivity contribution in [3.63, 3.8) is 0 Å². The summed E-state index contributed by atoms with van der Waals surface area (Å²) in [4.78, 5) is 13.8. The second kappa shape index (κ2) is 5.47. The Balaban J connectivity index is 2.32. The van der Waals surface area contributed by atoms with Gasteiger partial charge in [-0.1, -0.05) is 13.8 Å². The third kappa shape index (κ3) is 3.39. The van der Waals surface area contributed by atoms with Crippen molar-refractivity contribution in [1.29, 1.82) is 0 Å². The largest absolute Gasteiger partial charge is 0.317 e. The first-order valence-electron chi connectivity index (χ1n) is 5.55. The normalized spacial score (nSPS) is 19.2. The number of Topliss-reactive ketones (excluding diaryl/α,β-unsaturated/α-hetero) is 1. The highest BCUT2D eigenvalue weighted by Crippen LogP contribution is 2.10. The molecule has 0 aromatic rings. The van der Waals surface area contributed by atoms with E-state index < -0.39 is 0 Å². The third-order valence-electron chi connectivity index (χ3n) is 2.98. The highest BCUT2D eigenvalue weighted by molar-refractivity contribution is 5.82. The number of nitrogens with one attached hydrogen (secondary N) is 1. The molecule has 0 saturated carbocycles. The van der Waals surface area contributed by atoms with Gasteiger partial charge in [0.1, 0.15) is 5.78 Å². The van der Waals surface area contributed by atoms with Gasteiger partial charge < -0.3 is 5.32 Å². The maximum atomic E-state index is 11.5. The van der Waals surface area contributed by atoms with Gasteiger partial charge >= 0.3 is 0 Å². The molecule has 0 unspecified atom stereocenters. The number of likely N-dealkylation sites (N-methyl/N-ethyl adjacent to an activating group) is 1. The standard InChI is InChI=1S/C11H22N2O/c1-9(2)11(14)8-13(3)10-4-6-12-7-5-10/h9-10,12H,4-8H2,1-3H3. The molecule has 1 aliphatic heterocycles. The van der Waals surface area contributed by atoms with E-state index in [2.05, 4.69) is 17.3 Å². The zero-order valence-electron chi connectivity index (χ0n) is 9.55. The van der Waals surface area contributed by atoms with Crippen molar-refractivity contribution in [2.45, 2.75) is 32.7 Å². The number of ketones is 1. The third-order valence-corrected chi connectivity index (χ3v) is 2.98. The Morgan fingerprint density at radius 1 is 1.43 bits per heavy atom. The smallest absolute Gasteiger partial charge is 0.149 e. The van der Waals surface area contributed by atoms with Crippen LogP contribution < -0.4 is 5.32 Å². The Morgan fingerprint density at radius 3 is 2.50 bits per heavy atom. The van der Waals surface area contributed by atoms with Gasteiger partial charge in [0.2, 0.25) is 0 Å². The van der Waals surface area contributed by atoms with Crippen molar-refractivity contribution in [2.75, 3.05) is 26.7 Å². The molecule has 1 aliphatic rings. The molecule has 0 aromatic heterocycles. The Kier molecular flexibility index (Phi) is 4.55. The van der Waals surface area contributed by atoms with E-state index in [4.69, 9.17) is 0 Å². The van der Waals surface area contributed by atoms with Gasteiger partial charge in [-0.15, -0.1) is 0 Å². The maximum absolute atomic E-state index is 11.5. The number of carbonyl (C=O) groups excluding carboxylic acids is 1. The van der Waals surface area contributed by atoms with Crippen molar-refractivity contribution >= 4 is 5.78 Å². The number of rotatable bonds is 4. The van der Waals surface area contributed by atoms with Crippen LogP contribution in [0.3, 0.4) is 0 Å². The molecule has 0 spiro atoms. The predicted molar refractivity (Wildman–Crippen MR) is 58.4 cm³/mol. The van der Waals surface area contributed by atoms with Crippen molar-refractivity contribution < 1.29 is 4.79 Å². The summed E-state index contributed by atoms with van der Waals surface area (Å²) in [5.41, 5.74) is 0. The summed E-state index contributed by atoms with van der Waals surface area (Å²) < 4.78 is 0. The number of nitrogens with zero attached hydrogens (tertiary/aromatic N) is 1. The molecule has 3 nitrogen and oxygen atoms in total. The molecule has 82 valence electrons. The summed E-state index contributed by atoms with van der Waals surface area (Å²) in [6, 6.07) is 0.596. The molecule has 0 amide bonds. The molecule has 0 radical (unpaired) electrons. The summed E-state index contributed by atoms with van der Waals surface area (Å²) in [6.07, 6.45) is 2.34. The Bertz CT molecular complexity index is 186.